The predicted molar refractivity (Wildman–Crippen MR) is 61.8 cm³/mol. The van der Waals surface area contributed by atoms with Crippen molar-refractivity contribution >= 4 is 23.3 Å². The van der Waals surface area contributed by atoms with Crippen LogP contribution in [0.25, 0.3) is 0 Å². The summed E-state index contributed by atoms with van der Waals surface area (Å²) in [6.07, 6.45) is 0.135. The van der Waals surface area contributed by atoms with Gasteiger partial charge in [-0.15, -0.1) is 0 Å². The molecule has 0 spiro atoms. The van der Waals surface area contributed by atoms with E-state index >= 15 is 0 Å². The van der Waals surface area contributed by atoms with Crippen LogP contribution < -0.4 is 16.6 Å². The summed E-state index contributed by atoms with van der Waals surface area (Å²) >= 11 is 4.88. The number of carboxylic acids is 1. The van der Waals surface area contributed by atoms with Crippen LogP contribution in [0.4, 0.5) is 0 Å². The van der Waals surface area contributed by atoms with Crippen molar-refractivity contribution in [3.63, 3.8) is 0 Å². The van der Waals surface area contributed by atoms with Crippen LogP contribution in [0.1, 0.15) is 27.2 Å². The molecule has 0 rings (SSSR count). The first-order valence-corrected chi connectivity index (χ1v) is 5.21. The smallest absolute Gasteiger partial charge is 0.303 e. The number of carbonyl (C=O) groups is 1. The van der Waals surface area contributed by atoms with Crippen molar-refractivity contribution in [2.75, 3.05) is 6.54 Å². The monoisotopic (exact) mass is 234 g/mol. The summed E-state index contributed by atoms with van der Waals surface area (Å²) in [4.78, 5) is 10.7. The second-order valence-corrected chi connectivity index (χ2v) is 4.96. The molecule has 0 aromatic rings. The molecular weight excluding hydrogens is 214 g/mol. The number of nitrogens with one attached hydrogen (secondary N) is 2. The van der Waals surface area contributed by atoms with E-state index in [1.165, 1.54) is 0 Å². The van der Waals surface area contributed by atoms with Gasteiger partial charge in [0, 0.05) is 6.54 Å². The van der Waals surface area contributed by atoms with Gasteiger partial charge >= 0.3 is 5.97 Å². The summed E-state index contributed by atoms with van der Waals surface area (Å²) in [7, 11) is 0. The highest BCUT2D eigenvalue weighted by molar-refractivity contribution is 7.80. The molecule has 88 valence electrons. The SMILES string of the molecule is CC(C)(C)C(CNC(=S)N[NH3+])CC(=O)O. The molecule has 0 fully saturated rings. The van der Waals surface area contributed by atoms with Gasteiger partial charge in [0.1, 0.15) is 0 Å². The molecule has 15 heavy (non-hydrogen) atoms. The van der Waals surface area contributed by atoms with E-state index in [1.54, 1.807) is 0 Å². The molecule has 6 N–H and O–H groups in total. The van der Waals surface area contributed by atoms with E-state index in [4.69, 9.17) is 17.3 Å². The molecule has 0 radical (unpaired) electrons. The fraction of sp³-hybridized carbons (Fsp3) is 0.778. The Morgan fingerprint density at radius 1 is 1.53 bits per heavy atom. The maximum atomic E-state index is 10.7. The Morgan fingerprint density at radius 3 is 2.40 bits per heavy atom. The van der Waals surface area contributed by atoms with Gasteiger partial charge < -0.3 is 10.4 Å². The Morgan fingerprint density at radius 2 is 2.07 bits per heavy atom. The second kappa shape index (κ2) is 5.87. The highest BCUT2D eigenvalue weighted by Crippen LogP contribution is 2.27. The summed E-state index contributed by atoms with van der Waals surface area (Å²) in [6.45, 7) is 6.59. The lowest BCUT2D eigenvalue weighted by Gasteiger charge is -2.29. The van der Waals surface area contributed by atoms with Crippen molar-refractivity contribution < 1.29 is 15.7 Å². The molecule has 0 saturated heterocycles. The topological polar surface area (TPSA) is 89.0 Å². The van der Waals surface area contributed by atoms with Crippen LogP contribution in [0.5, 0.6) is 0 Å². The molecule has 0 aliphatic rings. The minimum Gasteiger partial charge on any atom is -0.481 e. The van der Waals surface area contributed by atoms with Gasteiger partial charge in [-0.05, 0) is 23.6 Å². The lowest BCUT2D eigenvalue weighted by atomic mass is 9.79. The maximum absolute atomic E-state index is 10.7. The zero-order valence-corrected chi connectivity index (χ0v) is 10.3. The summed E-state index contributed by atoms with van der Waals surface area (Å²) in [5.41, 5.74) is 2.48. The van der Waals surface area contributed by atoms with Crippen LogP contribution in [-0.4, -0.2) is 22.7 Å². The van der Waals surface area contributed by atoms with E-state index in [9.17, 15) is 4.79 Å². The van der Waals surface area contributed by atoms with E-state index in [0.717, 1.165) is 0 Å². The average Bonchev–Trinajstić information content (AvgIpc) is 2.09. The number of aliphatic carboxylic acids is 1. The van der Waals surface area contributed by atoms with E-state index in [0.29, 0.717) is 11.7 Å². The number of carboxylic acid groups (broad SMARTS) is 1. The van der Waals surface area contributed by atoms with Crippen LogP contribution >= 0.6 is 12.2 Å². The fourth-order valence-electron chi connectivity index (χ4n) is 1.17. The zero-order chi connectivity index (χ0) is 12.1. The first kappa shape index (κ1) is 14.1. The van der Waals surface area contributed by atoms with Gasteiger partial charge in [-0.1, -0.05) is 20.8 Å². The zero-order valence-electron chi connectivity index (χ0n) is 9.46. The highest BCUT2D eigenvalue weighted by atomic mass is 32.1. The van der Waals surface area contributed by atoms with E-state index < -0.39 is 5.97 Å². The van der Waals surface area contributed by atoms with Gasteiger partial charge in [0.2, 0.25) is 5.11 Å². The van der Waals surface area contributed by atoms with E-state index in [-0.39, 0.29) is 17.8 Å². The maximum Gasteiger partial charge on any atom is 0.303 e. The summed E-state index contributed by atoms with van der Waals surface area (Å²) in [5, 5.41) is 12.2. The third-order valence-corrected chi connectivity index (χ3v) is 2.60. The number of quaternary nitrogens is 1. The van der Waals surface area contributed by atoms with E-state index in [2.05, 4.69) is 16.6 Å². The van der Waals surface area contributed by atoms with Crippen LogP contribution in [-0.2, 0) is 4.79 Å². The number of hydrogen-bond acceptors (Lipinski definition) is 2. The molecular formula is C9H20N3O2S+. The van der Waals surface area contributed by atoms with Crippen molar-refractivity contribution in [1.29, 1.82) is 0 Å². The average molecular weight is 234 g/mol. The first-order valence-electron chi connectivity index (χ1n) is 4.80. The number of thiocarbonyl (C=S) groups is 1. The normalized spacial score (nSPS) is 13.1. The van der Waals surface area contributed by atoms with Gasteiger partial charge in [0.05, 0.1) is 6.42 Å². The molecule has 0 bridgehead atoms. The van der Waals surface area contributed by atoms with Gasteiger partial charge in [-0.25, -0.2) is 5.43 Å². The molecule has 0 aliphatic heterocycles. The summed E-state index contributed by atoms with van der Waals surface area (Å²) in [6, 6.07) is 0. The molecule has 5 nitrogen and oxygen atoms in total. The van der Waals surface area contributed by atoms with Crippen LogP contribution in [0, 0.1) is 11.3 Å². The Labute approximate surface area is 95.4 Å². The third kappa shape index (κ3) is 6.24. The largest absolute Gasteiger partial charge is 0.481 e. The molecule has 6 heteroatoms. The molecule has 0 aliphatic carbocycles. The van der Waals surface area contributed by atoms with Gasteiger partial charge in [-0.3, -0.25) is 10.6 Å². The molecule has 1 unspecified atom stereocenters. The molecule has 0 aromatic carbocycles. The van der Waals surface area contributed by atoms with Crippen molar-refractivity contribution in [2.24, 2.45) is 11.3 Å². The van der Waals surface area contributed by atoms with Crippen LogP contribution in [0.3, 0.4) is 0 Å². The van der Waals surface area contributed by atoms with Crippen molar-refractivity contribution in [1.82, 2.24) is 10.7 Å². The Bertz CT molecular complexity index is 238. The summed E-state index contributed by atoms with van der Waals surface area (Å²) < 4.78 is 0. The minimum atomic E-state index is -0.787. The van der Waals surface area contributed by atoms with Gasteiger partial charge in [0.25, 0.3) is 0 Å². The molecule has 0 amide bonds. The molecule has 1 atom stereocenters. The fourth-order valence-corrected chi connectivity index (χ4v) is 1.26. The lowest BCUT2D eigenvalue weighted by molar-refractivity contribution is -0.419. The second-order valence-electron chi connectivity index (χ2n) is 4.55. The number of hydrogen-bond donors (Lipinski definition) is 4. The summed E-state index contributed by atoms with van der Waals surface area (Å²) in [5.74, 6) is 2.66. The Hall–Kier alpha value is -0.880. The third-order valence-electron chi connectivity index (χ3n) is 2.32. The van der Waals surface area contributed by atoms with Crippen molar-refractivity contribution in [3.8, 4) is 0 Å². The quantitative estimate of drug-likeness (QED) is 0.398. The van der Waals surface area contributed by atoms with Crippen molar-refractivity contribution in [2.45, 2.75) is 27.2 Å². The predicted octanol–water partition coefficient (Wildman–Crippen LogP) is -0.256. The highest BCUT2D eigenvalue weighted by Gasteiger charge is 2.26. The Kier molecular flexibility index (Phi) is 5.53. The standard InChI is InChI=1S/C9H19N3O2S/c1-9(2,3)6(4-7(13)14)5-11-8(15)12-10/h6H,4-5,10H2,1-3H3,(H,13,14)(H2,11,12,15)/p+1. The minimum absolute atomic E-state index is 0.0290. The van der Waals surface area contributed by atoms with Gasteiger partial charge in [-0.2, -0.15) is 0 Å². The van der Waals surface area contributed by atoms with Crippen molar-refractivity contribution in [3.05, 3.63) is 0 Å². The van der Waals surface area contributed by atoms with Crippen LogP contribution in [0.15, 0.2) is 0 Å². The molecule has 0 heterocycles. The first-order chi connectivity index (χ1) is 6.77. The van der Waals surface area contributed by atoms with Crippen LogP contribution in [0.2, 0.25) is 0 Å². The lowest BCUT2D eigenvalue weighted by Crippen LogP contribution is -2.69. The molecule has 0 saturated carbocycles. The molecule has 0 aromatic heterocycles. The Balaban J connectivity index is 4.26. The van der Waals surface area contributed by atoms with E-state index in [1.807, 2.05) is 20.8 Å². The van der Waals surface area contributed by atoms with Gasteiger partial charge in [0.15, 0.2) is 0 Å². The number of rotatable bonds is 4.